The van der Waals surface area contributed by atoms with Crippen LogP contribution in [0.4, 0.5) is 0 Å². The highest BCUT2D eigenvalue weighted by atomic mass is 16.3. The number of nitrogens with one attached hydrogen (secondary N) is 1. The first-order valence-corrected chi connectivity index (χ1v) is 9.22. The molecule has 21 heavy (non-hydrogen) atoms. The van der Waals surface area contributed by atoms with Crippen molar-refractivity contribution in [2.75, 3.05) is 26.2 Å². The summed E-state index contributed by atoms with van der Waals surface area (Å²) in [6.45, 7) is 11.0. The Morgan fingerprint density at radius 2 is 1.90 bits per heavy atom. The van der Waals surface area contributed by atoms with Crippen LogP contribution in [0.5, 0.6) is 0 Å². The van der Waals surface area contributed by atoms with Crippen molar-refractivity contribution in [3.63, 3.8) is 0 Å². The predicted octanol–water partition coefficient (Wildman–Crippen LogP) is 3.03. The number of hydrogen-bond donors (Lipinski definition) is 2. The van der Waals surface area contributed by atoms with Crippen LogP contribution >= 0.6 is 0 Å². The van der Waals surface area contributed by atoms with Crippen molar-refractivity contribution in [3.05, 3.63) is 0 Å². The van der Waals surface area contributed by atoms with Gasteiger partial charge in [-0.25, -0.2) is 0 Å². The molecule has 0 aromatic carbocycles. The number of nitrogens with zero attached hydrogens (tertiary/aromatic N) is 1. The smallest absolute Gasteiger partial charge is 0.0644 e. The van der Waals surface area contributed by atoms with Gasteiger partial charge in [-0.1, -0.05) is 26.7 Å². The minimum atomic E-state index is -0.422. The van der Waals surface area contributed by atoms with Crippen LogP contribution in [-0.2, 0) is 0 Å². The van der Waals surface area contributed by atoms with Gasteiger partial charge in [-0.2, -0.15) is 0 Å². The third-order valence-electron chi connectivity index (χ3n) is 5.68. The molecule has 1 aliphatic carbocycles. The second-order valence-corrected chi connectivity index (χ2v) is 7.69. The topological polar surface area (TPSA) is 35.5 Å². The molecular formula is C18H36N2O. The summed E-state index contributed by atoms with van der Waals surface area (Å²) in [7, 11) is 0. The lowest BCUT2D eigenvalue weighted by molar-refractivity contribution is -0.0127. The van der Waals surface area contributed by atoms with E-state index in [1.54, 1.807) is 0 Å². The third kappa shape index (κ3) is 5.22. The van der Waals surface area contributed by atoms with Gasteiger partial charge < -0.3 is 15.3 Å². The molecule has 124 valence electrons. The molecule has 0 radical (unpaired) electrons. The summed E-state index contributed by atoms with van der Waals surface area (Å²) in [6.07, 6.45) is 8.78. The number of rotatable bonds is 6. The van der Waals surface area contributed by atoms with Crippen molar-refractivity contribution in [2.45, 2.75) is 77.4 Å². The third-order valence-corrected chi connectivity index (χ3v) is 5.68. The summed E-state index contributed by atoms with van der Waals surface area (Å²) in [5.41, 5.74) is -0.422. The van der Waals surface area contributed by atoms with Crippen LogP contribution in [0.25, 0.3) is 0 Å². The molecule has 0 bridgehead atoms. The van der Waals surface area contributed by atoms with Crippen molar-refractivity contribution < 1.29 is 5.11 Å². The zero-order chi connectivity index (χ0) is 15.3. The average Bonchev–Trinajstić information content (AvgIpc) is 2.44. The predicted molar refractivity (Wildman–Crippen MR) is 89.5 cm³/mol. The first-order chi connectivity index (χ1) is 10.0. The van der Waals surface area contributed by atoms with Gasteiger partial charge in [0.15, 0.2) is 0 Å². The van der Waals surface area contributed by atoms with E-state index in [4.69, 9.17) is 0 Å². The Hall–Kier alpha value is -0.120. The molecule has 3 unspecified atom stereocenters. The maximum atomic E-state index is 10.1. The molecule has 3 atom stereocenters. The van der Waals surface area contributed by atoms with Crippen LogP contribution in [0.1, 0.15) is 65.7 Å². The maximum absolute atomic E-state index is 10.1. The van der Waals surface area contributed by atoms with Gasteiger partial charge in [-0.05, 0) is 57.4 Å². The Kier molecular flexibility index (Phi) is 6.51. The number of hydrogen-bond acceptors (Lipinski definition) is 3. The van der Waals surface area contributed by atoms with Crippen LogP contribution in [0.2, 0.25) is 0 Å². The Balaban J connectivity index is 1.87. The van der Waals surface area contributed by atoms with E-state index in [0.717, 1.165) is 44.3 Å². The molecule has 2 aliphatic rings. The summed E-state index contributed by atoms with van der Waals surface area (Å²) in [5, 5.41) is 13.8. The molecule has 3 nitrogen and oxygen atoms in total. The quantitative estimate of drug-likeness (QED) is 0.791. The molecular weight excluding hydrogens is 260 g/mol. The lowest BCUT2D eigenvalue weighted by atomic mass is 9.75. The molecule has 3 heteroatoms. The lowest BCUT2D eigenvalue weighted by Crippen LogP contribution is -2.49. The van der Waals surface area contributed by atoms with Crippen LogP contribution in [0, 0.1) is 11.8 Å². The SMILES string of the molecule is CCCC1CCC(NCC)C(CN2CCC(C)(O)CC2)C1. The highest BCUT2D eigenvalue weighted by molar-refractivity contribution is 4.89. The van der Waals surface area contributed by atoms with Gasteiger partial charge >= 0.3 is 0 Å². The van der Waals surface area contributed by atoms with Crippen LogP contribution in [-0.4, -0.2) is 47.8 Å². The Morgan fingerprint density at radius 1 is 1.19 bits per heavy atom. The van der Waals surface area contributed by atoms with E-state index in [2.05, 4.69) is 24.1 Å². The van der Waals surface area contributed by atoms with Crippen molar-refractivity contribution in [3.8, 4) is 0 Å². The van der Waals surface area contributed by atoms with E-state index < -0.39 is 5.60 Å². The molecule has 2 N–H and O–H groups in total. The Bertz CT molecular complexity index is 296. The van der Waals surface area contributed by atoms with E-state index in [9.17, 15) is 5.11 Å². The van der Waals surface area contributed by atoms with E-state index in [1.807, 2.05) is 6.92 Å². The number of likely N-dealkylation sites (tertiary alicyclic amines) is 1. The highest BCUT2D eigenvalue weighted by Gasteiger charge is 2.33. The summed E-state index contributed by atoms with van der Waals surface area (Å²) in [4.78, 5) is 2.60. The van der Waals surface area contributed by atoms with Gasteiger partial charge in [0.2, 0.25) is 0 Å². The normalized spacial score (nSPS) is 34.0. The summed E-state index contributed by atoms with van der Waals surface area (Å²) >= 11 is 0. The van der Waals surface area contributed by atoms with Gasteiger partial charge in [-0.15, -0.1) is 0 Å². The summed E-state index contributed by atoms with van der Waals surface area (Å²) in [5.74, 6) is 1.75. The van der Waals surface area contributed by atoms with E-state index in [0.29, 0.717) is 6.04 Å². The van der Waals surface area contributed by atoms with Crippen LogP contribution in [0.15, 0.2) is 0 Å². The molecule has 1 saturated carbocycles. The fraction of sp³-hybridized carbons (Fsp3) is 1.00. The maximum Gasteiger partial charge on any atom is 0.0644 e. The lowest BCUT2D eigenvalue weighted by Gasteiger charge is -2.42. The molecule has 0 amide bonds. The molecule has 1 saturated heterocycles. The monoisotopic (exact) mass is 296 g/mol. The van der Waals surface area contributed by atoms with Crippen molar-refractivity contribution in [2.24, 2.45) is 11.8 Å². The first kappa shape index (κ1) is 17.2. The van der Waals surface area contributed by atoms with Gasteiger partial charge in [0.25, 0.3) is 0 Å². The van der Waals surface area contributed by atoms with E-state index in [1.165, 1.54) is 38.6 Å². The standard InChI is InChI=1S/C18H36N2O/c1-4-6-15-7-8-17(19-5-2)16(13-15)14-20-11-9-18(3,21)10-12-20/h15-17,19,21H,4-14H2,1-3H3. The molecule has 0 aromatic rings. The Labute approximate surface area is 131 Å². The highest BCUT2D eigenvalue weighted by Crippen LogP contribution is 2.33. The second kappa shape index (κ2) is 7.94. The molecule has 0 aromatic heterocycles. The summed E-state index contributed by atoms with van der Waals surface area (Å²) in [6, 6.07) is 0.713. The minimum absolute atomic E-state index is 0.422. The summed E-state index contributed by atoms with van der Waals surface area (Å²) < 4.78 is 0. The van der Waals surface area contributed by atoms with E-state index in [-0.39, 0.29) is 0 Å². The fourth-order valence-electron chi connectivity index (χ4n) is 4.31. The second-order valence-electron chi connectivity index (χ2n) is 7.69. The molecule has 2 rings (SSSR count). The van der Waals surface area contributed by atoms with Gasteiger partial charge in [0.05, 0.1) is 5.60 Å². The molecule has 1 aliphatic heterocycles. The van der Waals surface area contributed by atoms with Crippen molar-refractivity contribution in [1.82, 2.24) is 10.2 Å². The molecule has 0 spiro atoms. The molecule has 1 heterocycles. The van der Waals surface area contributed by atoms with Gasteiger partial charge in [0, 0.05) is 25.7 Å². The minimum Gasteiger partial charge on any atom is -0.390 e. The zero-order valence-corrected chi connectivity index (χ0v) is 14.4. The van der Waals surface area contributed by atoms with Crippen molar-refractivity contribution in [1.29, 1.82) is 0 Å². The van der Waals surface area contributed by atoms with Gasteiger partial charge in [0.1, 0.15) is 0 Å². The average molecular weight is 296 g/mol. The molecule has 2 fully saturated rings. The van der Waals surface area contributed by atoms with Crippen LogP contribution in [0.3, 0.4) is 0 Å². The number of aliphatic hydroxyl groups is 1. The number of piperidine rings is 1. The first-order valence-electron chi connectivity index (χ1n) is 9.22. The zero-order valence-electron chi connectivity index (χ0n) is 14.4. The van der Waals surface area contributed by atoms with Crippen molar-refractivity contribution >= 4 is 0 Å². The van der Waals surface area contributed by atoms with E-state index >= 15 is 0 Å². The van der Waals surface area contributed by atoms with Gasteiger partial charge in [-0.3, -0.25) is 0 Å². The van der Waals surface area contributed by atoms with Crippen LogP contribution < -0.4 is 5.32 Å². The fourth-order valence-corrected chi connectivity index (χ4v) is 4.31. The Morgan fingerprint density at radius 3 is 2.52 bits per heavy atom. The largest absolute Gasteiger partial charge is 0.390 e.